The average Bonchev–Trinajstić information content (AvgIpc) is 2.79. The van der Waals surface area contributed by atoms with Gasteiger partial charge in [0.25, 0.3) is 5.91 Å². The number of piperazine rings is 1. The van der Waals surface area contributed by atoms with Gasteiger partial charge in [-0.1, -0.05) is 0 Å². The molecule has 0 aliphatic carbocycles. The predicted molar refractivity (Wildman–Crippen MR) is 108 cm³/mol. The molecule has 0 saturated carbocycles. The van der Waals surface area contributed by atoms with Crippen LogP contribution in [0.5, 0.6) is 5.75 Å². The summed E-state index contributed by atoms with van der Waals surface area (Å²) in [6, 6.07) is 11.9. The largest absolute Gasteiger partial charge is 0.497 e. The van der Waals surface area contributed by atoms with Crippen molar-refractivity contribution in [1.82, 2.24) is 9.88 Å². The summed E-state index contributed by atoms with van der Waals surface area (Å²) in [5.74, 6) is 0.855. The second-order valence-corrected chi connectivity index (χ2v) is 6.98. The maximum Gasteiger partial charge on any atom is 0.272 e. The van der Waals surface area contributed by atoms with E-state index in [4.69, 9.17) is 9.47 Å². The Morgan fingerprint density at radius 3 is 2.29 bits per heavy atom. The highest BCUT2D eigenvalue weighted by molar-refractivity contribution is 5.93. The lowest BCUT2D eigenvalue weighted by molar-refractivity contribution is 0.0741. The number of methoxy groups -OCH3 is 1. The molecule has 7 heteroatoms. The van der Waals surface area contributed by atoms with E-state index >= 15 is 0 Å². The van der Waals surface area contributed by atoms with Crippen molar-refractivity contribution in [2.24, 2.45) is 0 Å². The summed E-state index contributed by atoms with van der Waals surface area (Å²) < 4.78 is 10.6. The summed E-state index contributed by atoms with van der Waals surface area (Å²) in [5, 5.41) is 0. The highest BCUT2D eigenvalue weighted by atomic mass is 16.5. The number of ether oxygens (including phenoxy) is 2. The Bertz CT molecular complexity index is 798. The number of carbonyl (C=O) groups excluding carboxylic acids is 1. The van der Waals surface area contributed by atoms with Crippen LogP contribution in [0.15, 0.2) is 42.6 Å². The molecule has 0 unspecified atom stereocenters. The number of benzene rings is 1. The molecule has 148 valence electrons. The van der Waals surface area contributed by atoms with E-state index in [1.807, 2.05) is 29.2 Å². The van der Waals surface area contributed by atoms with Gasteiger partial charge >= 0.3 is 0 Å². The van der Waals surface area contributed by atoms with Gasteiger partial charge in [-0.25, -0.2) is 0 Å². The fourth-order valence-corrected chi connectivity index (χ4v) is 3.68. The first-order valence-corrected chi connectivity index (χ1v) is 9.71. The Morgan fingerprint density at radius 2 is 1.61 bits per heavy atom. The van der Waals surface area contributed by atoms with Crippen molar-refractivity contribution in [3.63, 3.8) is 0 Å². The van der Waals surface area contributed by atoms with Gasteiger partial charge < -0.3 is 24.2 Å². The lowest BCUT2D eigenvalue weighted by Gasteiger charge is -2.36. The molecule has 0 atom stereocenters. The normalized spacial score (nSPS) is 17.5. The number of hydrogen-bond acceptors (Lipinski definition) is 6. The average molecular weight is 382 g/mol. The van der Waals surface area contributed by atoms with Crippen molar-refractivity contribution in [3.8, 4) is 5.75 Å². The maximum absolute atomic E-state index is 12.9. The van der Waals surface area contributed by atoms with Crippen LogP contribution in [-0.2, 0) is 4.74 Å². The van der Waals surface area contributed by atoms with E-state index in [1.54, 1.807) is 13.3 Å². The fraction of sp³-hybridized carbons (Fsp3) is 0.429. The highest BCUT2D eigenvalue weighted by Gasteiger charge is 2.24. The molecular formula is C21H26N4O3. The smallest absolute Gasteiger partial charge is 0.272 e. The Labute approximate surface area is 165 Å². The minimum absolute atomic E-state index is 0.00416. The number of aromatic nitrogens is 1. The zero-order chi connectivity index (χ0) is 19.3. The summed E-state index contributed by atoms with van der Waals surface area (Å²) in [6.07, 6.45) is 1.73. The molecule has 0 N–H and O–H groups in total. The van der Waals surface area contributed by atoms with Gasteiger partial charge in [0.2, 0.25) is 0 Å². The molecule has 1 aromatic heterocycles. The van der Waals surface area contributed by atoms with Crippen LogP contribution in [-0.4, -0.2) is 75.4 Å². The van der Waals surface area contributed by atoms with Crippen LogP contribution in [0.4, 0.5) is 11.4 Å². The summed E-state index contributed by atoms with van der Waals surface area (Å²) in [5.41, 5.74) is 2.71. The fourth-order valence-electron chi connectivity index (χ4n) is 3.68. The first-order valence-electron chi connectivity index (χ1n) is 9.71. The topological polar surface area (TPSA) is 58.1 Å². The van der Waals surface area contributed by atoms with E-state index in [0.717, 1.165) is 56.5 Å². The molecule has 3 heterocycles. The number of rotatable bonds is 4. The van der Waals surface area contributed by atoms with E-state index in [-0.39, 0.29) is 5.91 Å². The van der Waals surface area contributed by atoms with Crippen LogP contribution in [0, 0.1) is 0 Å². The molecule has 2 aromatic rings. The van der Waals surface area contributed by atoms with E-state index in [0.29, 0.717) is 18.8 Å². The second kappa shape index (κ2) is 8.48. The van der Waals surface area contributed by atoms with E-state index in [1.165, 1.54) is 0 Å². The first-order chi connectivity index (χ1) is 13.7. The molecule has 2 fully saturated rings. The van der Waals surface area contributed by atoms with E-state index in [2.05, 4.69) is 26.9 Å². The first kappa shape index (κ1) is 18.6. The van der Waals surface area contributed by atoms with Crippen LogP contribution in [0.2, 0.25) is 0 Å². The lowest BCUT2D eigenvalue weighted by atomic mass is 10.2. The van der Waals surface area contributed by atoms with Crippen LogP contribution >= 0.6 is 0 Å². The van der Waals surface area contributed by atoms with Crippen LogP contribution in [0.3, 0.4) is 0 Å². The quantitative estimate of drug-likeness (QED) is 0.805. The number of anilines is 2. The van der Waals surface area contributed by atoms with Gasteiger partial charge in [0.1, 0.15) is 11.4 Å². The van der Waals surface area contributed by atoms with E-state index in [9.17, 15) is 4.79 Å². The number of amides is 1. The Morgan fingerprint density at radius 1 is 0.929 bits per heavy atom. The van der Waals surface area contributed by atoms with Gasteiger partial charge in [-0.2, -0.15) is 0 Å². The van der Waals surface area contributed by atoms with Crippen molar-refractivity contribution < 1.29 is 14.3 Å². The minimum Gasteiger partial charge on any atom is -0.497 e. The Balaban J connectivity index is 1.38. The zero-order valence-electron chi connectivity index (χ0n) is 16.2. The van der Waals surface area contributed by atoms with Crippen LogP contribution in [0.1, 0.15) is 10.5 Å². The number of pyridine rings is 1. The maximum atomic E-state index is 12.9. The van der Waals surface area contributed by atoms with Gasteiger partial charge in [0.05, 0.1) is 20.3 Å². The lowest BCUT2D eigenvalue weighted by Crippen LogP contribution is -2.49. The zero-order valence-corrected chi connectivity index (χ0v) is 16.2. The molecule has 2 aliphatic rings. The third-order valence-corrected chi connectivity index (χ3v) is 5.34. The Kier molecular flexibility index (Phi) is 5.62. The Hall–Kier alpha value is -2.80. The molecular weight excluding hydrogens is 356 g/mol. The molecule has 7 nitrogen and oxygen atoms in total. The minimum atomic E-state index is 0.00416. The SMILES string of the molecule is COc1ccc(N2CCN(C(=O)c3cc(N4CCOCC4)ccn3)CC2)cc1. The molecule has 0 spiro atoms. The van der Waals surface area contributed by atoms with Gasteiger partial charge in [-0.05, 0) is 36.4 Å². The van der Waals surface area contributed by atoms with Crippen molar-refractivity contribution in [3.05, 3.63) is 48.3 Å². The van der Waals surface area contributed by atoms with Crippen LogP contribution in [0.25, 0.3) is 0 Å². The second-order valence-electron chi connectivity index (χ2n) is 6.98. The summed E-state index contributed by atoms with van der Waals surface area (Å²) in [7, 11) is 1.67. The number of morpholine rings is 1. The van der Waals surface area contributed by atoms with Gasteiger partial charge in [-0.15, -0.1) is 0 Å². The molecule has 2 aliphatic heterocycles. The van der Waals surface area contributed by atoms with Crippen LogP contribution < -0.4 is 14.5 Å². The summed E-state index contributed by atoms with van der Waals surface area (Å²) in [6.45, 7) is 6.12. The molecule has 0 radical (unpaired) electrons. The third kappa shape index (κ3) is 4.04. The van der Waals surface area contributed by atoms with Crippen molar-refractivity contribution in [1.29, 1.82) is 0 Å². The van der Waals surface area contributed by atoms with Gasteiger partial charge in [-0.3, -0.25) is 9.78 Å². The number of carbonyl (C=O) groups is 1. The predicted octanol–water partition coefficient (Wildman–Crippen LogP) is 1.89. The monoisotopic (exact) mass is 382 g/mol. The van der Waals surface area contributed by atoms with Gasteiger partial charge in [0.15, 0.2) is 0 Å². The molecule has 0 bridgehead atoms. The summed E-state index contributed by atoms with van der Waals surface area (Å²) >= 11 is 0. The molecule has 4 rings (SSSR count). The summed E-state index contributed by atoms with van der Waals surface area (Å²) in [4.78, 5) is 23.7. The van der Waals surface area contributed by atoms with Crippen molar-refractivity contribution in [2.75, 3.05) is 69.4 Å². The number of nitrogens with zero attached hydrogens (tertiary/aromatic N) is 4. The standard InChI is InChI=1S/C21H26N4O3/c1-27-19-4-2-17(3-5-19)23-8-10-25(11-9-23)21(26)20-16-18(6-7-22-20)24-12-14-28-15-13-24/h2-7,16H,8-15H2,1H3. The highest BCUT2D eigenvalue weighted by Crippen LogP contribution is 2.22. The van der Waals surface area contributed by atoms with Crippen molar-refractivity contribution >= 4 is 17.3 Å². The van der Waals surface area contributed by atoms with E-state index < -0.39 is 0 Å². The van der Waals surface area contributed by atoms with Crippen molar-refractivity contribution in [2.45, 2.75) is 0 Å². The number of hydrogen-bond donors (Lipinski definition) is 0. The molecule has 1 amide bonds. The van der Waals surface area contributed by atoms with Gasteiger partial charge in [0, 0.05) is 56.8 Å². The molecule has 28 heavy (non-hydrogen) atoms. The third-order valence-electron chi connectivity index (χ3n) is 5.34. The molecule has 2 saturated heterocycles. The molecule has 1 aromatic carbocycles.